The maximum atomic E-state index is 12.5. The molecule has 0 radical (unpaired) electrons. The number of thioether (sulfide) groups is 2. The summed E-state index contributed by atoms with van der Waals surface area (Å²) in [6.45, 7) is 0. The molecular weight excluding hydrogens is 506 g/mol. The summed E-state index contributed by atoms with van der Waals surface area (Å²) in [6, 6.07) is 10.8. The number of rotatable bonds is 10. The van der Waals surface area contributed by atoms with E-state index in [2.05, 4.69) is 20.6 Å². The molecule has 2 N–H and O–H groups in total. The van der Waals surface area contributed by atoms with Crippen molar-refractivity contribution < 1.29 is 19.1 Å². The van der Waals surface area contributed by atoms with E-state index in [4.69, 9.17) is 9.47 Å². The van der Waals surface area contributed by atoms with E-state index in [9.17, 15) is 9.59 Å². The molecule has 0 aliphatic rings. The molecule has 2 aromatic heterocycles. The number of aromatic nitrogens is 3. The number of ether oxygens (including phenoxy) is 2. The van der Waals surface area contributed by atoms with Crippen LogP contribution in [0.3, 0.4) is 0 Å². The fourth-order valence-electron chi connectivity index (χ4n) is 3.09. The standard InChI is InChI=1S/C23H23N5O4S3/c1-28-9-8-24-22(28)33-12-20(29)25-14-4-6-16-19(10-14)35-23(27-16)34-13-21(30)26-17-11-15(31-2)5-7-18(17)32-3/h4-11H,12-13H2,1-3H3,(H,25,29)(H,26,30). The molecule has 0 unspecified atom stereocenters. The number of methoxy groups -OCH3 is 2. The SMILES string of the molecule is COc1ccc(OC)c(NC(=O)CSc2nc3ccc(NC(=O)CSc4nccn4C)cc3s2)c1. The van der Waals surface area contributed by atoms with Crippen LogP contribution in [0.25, 0.3) is 10.2 Å². The van der Waals surface area contributed by atoms with Crippen molar-refractivity contribution in [3.05, 3.63) is 48.8 Å². The number of benzene rings is 2. The van der Waals surface area contributed by atoms with Gasteiger partial charge >= 0.3 is 0 Å². The number of carbonyl (C=O) groups is 2. The first-order chi connectivity index (χ1) is 16.9. The van der Waals surface area contributed by atoms with Gasteiger partial charge in [0.2, 0.25) is 11.8 Å². The van der Waals surface area contributed by atoms with Crippen molar-refractivity contribution in [3.63, 3.8) is 0 Å². The van der Waals surface area contributed by atoms with Crippen molar-refractivity contribution in [2.24, 2.45) is 7.05 Å². The Labute approximate surface area is 214 Å². The summed E-state index contributed by atoms with van der Waals surface area (Å²) >= 11 is 4.20. The lowest BCUT2D eigenvalue weighted by molar-refractivity contribution is -0.114. The zero-order valence-corrected chi connectivity index (χ0v) is 21.7. The Bertz CT molecular complexity index is 1350. The summed E-state index contributed by atoms with van der Waals surface area (Å²) in [5, 5.41) is 6.55. The smallest absolute Gasteiger partial charge is 0.234 e. The van der Waals surface area contributed by atoms with Gasteiger partial charge in [-0.1, -0.05) is 23.5 Å². The number of anilines is 2. The van der Waals surface area contributed by atoms with Crippen molar-refractivity contribution in [2.45, 2.75) is 9.50 Å². The van der Waals surface area contributed by atoms with Gasteiger partial charge in [0.25, 0.3) is 0 Å². The van der Waals surface area contributed by atoms with E-state index in [0.717, 1.165) is 19.7 Å². The van der Waals surface area contributed by atoms with Crippen LogP contribution in [0.15, 0.2) is 58.3 Å². The molecule has 4 rings (SSSR count). The number of hydrogen-bond donors (Lipinski definition) is 2. The van der Waals surface area contributed by atoms with E-state index in [1.165, 1.54) is 34.9 Å². The first-order valence-electron chi connectivity index (χ1n) is 10.4. The van der Waals surface area contributed by atoms with Crippen LogP contribution in [-0.4, -0.2) is 52.1 Å². The Morgan fingerprint density at radius 1 is 1.03 bits per heavy atom. The number of nitrogens with one attached hydrogen (secondary N) is 2. The third-order valence-corrected chi connectivity index (χ3v) is 7.99. The van der Waals surface area contributed by atoms with Crippen LogP contribution in [0.1, 0.15) is 0 Å². The predicted octanol–water partition coefficient (Wildman–Crippen LogP) is 4.51. The van der Waals surface area contributed by atoms with Crippen LogP contribution >= 0.6 is 34.9 Å². The average Bonchev–Trinajstić information content (AvgIpc) is 3.46. The fourth-order valence-corrected chi connectivity index (χ4v) is 5.73. The number of fused-ring (bicyclic) bond motifs is 1. The molecule has 12 heteroatoms. The molecule has 2 amide bonds. The molecule has 0 aliphatic carbocycles. The van der Waals surface area contributed by atoms with Crippen molar-refractivity contribution >= 4 is 68.3 Å². The third-order valence-electron chi connectivity index (χ3n) is 4.77. The average molecular weight is 530 g/mol. The molecule has 0 fully saturated rings. The Morgan fingerprint density at radius 2 is 1.83 bits per heavy atom. The lowest BCUT2D eigenvalue weighted by atomic mass is 10.2. The summed E-state index contributed by atoms with van der Waals surface area (Å²) in [5.74, 6) is 1.34. The molecular formula is C23H23N5O4S3. The van der Waals surface area contributed by atoms with E-state index >= 15 is 0 Å². The lowest BCUT2D eigenvalue weighted by Crippen LogP contribution is -2.14. The molecule has 2 aromatic carbocycles. The number of amides is 2. The fraction of sp³-hybridized carbons (Fsp3) is 0.217. The van der Waals surface area contributed by atoms with Gasteiger partial charge in [0, 0.05) is 31.2 Å². The number of nitrogens with zero attached hydrogens (tertiary/aromatic N) is 3. The zero-order chi connectivity index (χ0) is 24.8. The second kappa shape index (κ2) is 11.5. The Balaban J connectivity index is 1.33. The van der Waals surface area contributed by atoms with Crippen LogP contribution in [0.5, 0.6) is 11.5 Å². The van der Waals surface area contributed by atoms with Gasteiger partial charge in [0.15, 0.2) is 9.50 Å². The molecule has 0 saturated carbocycles. The molecule has 182 valence electrons. The molecule has 0 saturated heterocycles. The summed E-state index contributed by atoms with van der Waals surface area (Å²) in [5.41, 5.74) is 2.06. The number of carbonyl (C=O) groups excluding carboxylic acids is 2. The van der Waals surface area contributed by atoms with Gasteiger partial charge in [-0.3, -0.25) is 9.59 Å². The molecule has 4 aromatic rings. The molecule has 35 heavy (non-hydrogen) atoms. The summed E-state index contributed by atoms with van der Waals surface area (Å²) in [6.07, 6.45) is 3.54. The van der Waals surface area contributed by atoms with E-state index in [-0.39, 0.29) is 23.3 Å². The van der Waals surface area contributed by atoms with Crippen LogP contribution in [0.4, 0.5) is 11.4 Å². The van der Waals surface area contributed by atoms with E-state index in [1.807, 2.05) is 36.0 Å². The zero-order valence-electron chi connectivity index (χ0n) is 19.2. The maximum absolute atomic E-state index is 12.5. The van der Waals surface area contributed by atoms with Crippen LogP contribution < -0.4 is 20.1 Å². The van der Waals surface area contributed by atoms with Crippen molar-refractivity contribution in [2.75, 3.05) is 36.4 Å². The number of aryl methyl sites for hydroxylation is 1. The van der Waals surface area contributed by atoms with Gasteiger partial charge in [-0.25, -0.2) is 9.97 Å². The minimum Gasteiger partial charge on any atom is -0.497 e. The molecule has 0 bridgehead atoms. The van der Waals surface area contributed by atoms with E-state index in [0.29, 0.717) is 22.9 Å². The molecule has 9 nitrogen and oxygen atoms in total. The summed E-state index contributed by atoms with van der Waals surface area (Å²) in [4.78, 5) is 33.6. The first-order valence-corrected chi connectivity index (χ1v) is 13.2. The normalized spacial score (nSPS) is 10.8. The van der Waals surface area contributed by atoms with Gasteiger partial charge in [-0.15, -0.1) is 11.3 Å². The third kappa shape index (κ3) is 6.47. The molecule has 0 atom stereocenters. The Hall–Kier alpha value is -3.22. The largest absolute Gasteiger partial charge is 0.497 e. The lowest BCUT2D eigenvalue weighted by Gasteiger charge is -2.11. The highest BCUT2D eigenvalue weighted by molar-refractivity contribution is 8.01. The summed E-state index contributed by atoms with van der Waals surface area (Å²) in [7, 11) is 5.00. The maximum Gasteiger partial charge on any atom is 0.234 e. The Morgan fingerprint density at radius 3 is 2.57 bits per heavy atom. The topological polar surface area (TPSA) is 107 Å². The van der Waals surface area contributed by atoms with Gasteiger partial charge in [0.1, 0.15) is 11.5 Å². The number of hydrogen-bond acceptors (Lipinski definition) is 9. The van der Waals surface area contributed by atoms with Crippen LogP contribution in [-0.2, 0) is 16.6 Å². The van der Waals surface area contributed by atoms with Crippen molar-refractivity contribution in [1.82, 2.24) is 14.5 Å². The van der Waals surface area contributed by atoms with Gasteiger partial charge in [-0.2, -0.15) is 0 Å². The second-order valence-electron chi connectivity index (χ2n) is 7.22. The van der Waals surface area contributed by atoms with Crippen LogP contribution in [0.2, 0.25) is 0 Å². The molecule has 0 spiro atoms. The van der Waals surface area contributed by atoms with Gasteiger partial charge < -0.3 is 24.7 Å². The minimum atomic E-state index is -0.182. The molecule has 2 heterocycles. The molecule has 0 aliphatic heterocycles. The van der Waals surface area contributed by atoms with Crippen molar-refractivity contribution in [3.8, 4) is 11.5 Å². The van der Waals surface area contributed by atoms with Crippen LogP contribution in [0, 0.1) is 0 Å². The van der Waals surface area contributed by atoms with Gasteiger partial charge in [-0.05, 0) is 30.3 Å². The monoisotopic (exact) mass is 529 g/mol. The van der Waals surface area contributed by atoms with E-state index in [1.54, 1.807) is 38.6 Å². The van der Waals surface area contributed by atoms with Gasteiger partial charge in [0.05, 0.1) is 41.6 Å². The highest BCUT2D eigenvalue weighted by atomic mass is 32.2. The number of thiazole rings is 1. The second-order valence-corrected chi connectivity index (χ2v) is 10.4. The quantitative estimate of drug-likeness (QED) is 0.289. The summed E-state index contributed by atoms with van der Waals surface area (Å²) < 4.78 is 14.1. The minimum absolute atomic E-state index is 0.110. The van der Waals surface area contributed by atoms with E-state index < -0.39 is 0 Å². The Kier molecular flexibility index (Phi) is 8.16. The highest BCUT2D eigenvalue weighted by Crippen LogP contribution is 2.32. The number of imidazole rings is 1. The van der Waals surface area contributed by atoms with Crippen molar-refractivity contribution in [1.29, 1.82) is 0 Å². The predicted molar refractivity (Wildman–Crippen MR) is 141 cm³/mol. The first kappa shape index (κ1) is 24.9. The highest BCUT2D eigenvalue weighted by Gasteiger charge is 2.13.